The summed E-state index contributed by atoms with van der Waals surface area (Å²) in [7, 11) is 1.63. The van der Waals surface area contributed by atoms with E-state index < -0.39 is 0 Å². The molecule has 0 unspecified atom stereocenters. The maximum atomic E-state index is 5.29. The highest BCUT2D eigenvalue weighted by atomic mass is 32.1. The highest BCUT2D eigenvalue weighted by Crippen LogP contribution is 2.19. The van der Waals surface area contributed by atoms with Gasteiger partial charge in [0.15, 0.2) is 5.11 Å². The number of hydrogen-bond acceptors (Lipinski definition) is 4. The monoisotopic (exact) mass is 299 g/mol. The van der Waals surface area contributed by atoms with Crippen molar-refractivity contribution < 1.29 is 9.26 Å². The Kier molecular flexibility index (Phi) is 3.70. The van der Waals surface area contributed by atoms with E-state index in [1.54, 1.807) is 13.4 Å². The zero-order chi connectivity index (χ0) is 14.7. The molecule has 0 amide bonds. The number of aromatic nitrogens is 1. The Labute approximate surface area is 126 Å². The summed E-state index contributed by atoms with van der Waals surface area (Å²) in [6.07, 6.45) is 1.60. The van der Waals surface area contributed by atoms with Crippen LogP contribution in [0.2, 0.25) is 0 Å². The van der Waals surface area contributed by atoms with Crippen LogP contribution < -0.4 is 15.4 Å². The molecule has 0 fully saturated rings. The Morgan fingerprint density at radius 1 is 1.14 bits per heavy atom. The lowest BCUT2D eigenvalue weighted by Gasteiger charge is -2.11. The van der Waals surface area contributed by atoms with E-state index in [4.69, 9.17) is 21.5 Å². The molecule has 21 heavy (non-hydrogen) atoms. The Balaban J connectivity index is 1.70. The van der Waals surface area contributed by atoms with Crippen molar-refractivity contribution in [2.45, 2.75) is 0 Å². The van der Waals surface area contributed by atoms with E-state index >= 15 is 0 Å². The Morgan fingerprint density at radius 3 is 2.76 bits per heavy atom. The molecule has 0 atom stereocenters. The van der Waals surface area contributed by atoms with E-state index in [9.17, 15) is 0 Å². The van der Waals surface area contributed by atoms with Gasteiger partial charge in [-0.2, -0.15) is 0 Å². The van der Waals surface area contributed by atoms with Gasteiger partial charge in [-0.1, -0.05) is 11.2 Å². The van der Waals surface area contributed by atoms with Crippen LogP contribution >= 0.6 is 12.2 Å². The van der Waals surface area contributed by atoms with Gasteiger partial charge in [0, 0.05) is 22.8 Å². The van der Waals surface area contributed by atoms with Crippen LogP contribution in [0.5, 0.6) is 5.75 Å². The minimum absolute atomic E-state index is 0.492. The third kappa shape index (κ3) is 3.11. The number of nitrogens with zero attached hydrogens (tertiary/aromatic N) is 1. The molecule has 0 spiro atoms. The molecule has 106 valence electrons. The zero-order valence-electron chi connectivity index (χ0n) is 11.3. The van der Waals surface area contributed by atoms with Gasteiger partial charge in [-0.05, 0) is 42.5 Å². The van der Waals surface area contributed by atoms with Crippen LogP contribution in [-0.2, 0) is 0 Å². The van der Waals surface area contributed by atoms with Crippen LogP contribution in [0.4, 0.5) is 11.4 Å². The van der Waals surface area contributed by atoms with Crippen molar-refractivity contribution in [3.8, 4) is 5.75 Å². The third-order valence-electron chi connectivity index (χ3n) is 2.95. The van der Waals surface area contributed by atoms with E-state index in [2.05, 4.69) is 15.8 Å². The molecule has 2 N–H and O–H groups in total. The fourth-order valence-corrected chi connectivity index (χ4v) is 2.17. The predicted molar refractivity (Wildman–Crippen MR) is 86.8 cm³/mol. The average Bonchev–Trinajstić information content (AvgIpc) is 2.95. The summed E-state index contributed by atoms with van der Waals surface area (Å²) in [5.41, 5.74) is 2.48. The standard InChI is InChI=1S/C15H13N3O2S/c1-19-13-4-2-3-11(7-13)16-15(21)17-12-6-5-10-9-20-18-14(10)8-12/h2-9H,1H3,(H2,16,17,21). The van der Waals surface area contributed by atoms with Crippen molar-refractivity contribution in [2.75, 3.05) is 17.7 Å². The van der Waals surface area contributed by atoms with Crippen molar-refractivity contribution in [1.29, 1.82) is 0 Å². The summed E-state index contributed by atoms with van der Waals surface area (Å²) in [5, 5.41) is 11.6. The van der Waals surface area contributed by atoms with Crippen LogP contribution in [0.3, 0.4) is 0 Å². The van der Waals surface area contributed by atoms with Gasteiger partial charge in [0.2, 0.25) is 0 Å². The van der Waals surface area contributed by atoms with Gasteiger partial charge < -0.3 is 19.9 Å². The maximum Gasteiger partial charge on any atom is 0.175 e. The number of ether oxygens (including phenoxy) is 1. The Morgan fingerprint density at radius 2 is 1.95 bits per heavy atom. The topological polar surface area (TPSA) is 59.3 Å². The van der Waals surface area contributed by atoms with Gasteiger partial charge >= 0.3 is 0 Å². The van der Waals surface area contributed by atoms with Gasteiger partial charge in [0.25, 0.3) is 0 Å². The SMILES string of the molecule is COc1cccc(NC(=S)Nc2ccc3conc3c2)c1. The van der Waals surface area contributed by atoms with Crippen molar-refractivity contribution in [3.05, 3.63) is 48.7 Å². The third-order valence-corrected chi connectivity index (χ3v) is 3.15. The van der Waals surface area contributed by atoms with Crippen LogP contribution in [0.1, 0.15) is 0 Å². The first-order chi connectivity index (χ1) is 10.2. The van der Waals surface area contributed by atoms with Crippen molar-refractivity contribution in [1.82, 2.24) is 5.16 Å². The largest absolute Gasteiger partial charge is 0.497 e. The number of hydrogen-bond donors (Lipinski definition) is 2. The fourth-order valence-electron chi connectivity index (χ4n) is 1.93. The molecule has 2 aromatic carbocycles. The Hall–Kier alpha value is -2.60. The van der Waals surface area contributed by atoms with Crippen molar-refractivity contribution in [3.63, 3.8) is 0 Å². The van der Waals surface area contributed by atoms with E-state index in [0.717, 1.165) is 28.0 Å². The molecular weight excluding hydrogens is 286 g/mol. The molecule has 0 saturated carbocycles. The van der Waals surface area contributed by atoms with E-state index in [1.165, 1.54) is 0 Å². The first kappa shape index (κ1) is 13.4. The molecule has 1 heterocycles. The highest BCUT2D eigenvalue weighted by molar-refractivity contribution is 7.80. The summed E-state index contributed by atoms with van der Waals surface area (Å²) in [5.74, 6) is 0.770. The number of thiocarbonyl (C=S) groups is 1. The predicted octanol–water partition coefficient (Wildman–Crippen LogP) is 3.65. The van der Waals surface area contributed by atoms with Crippen molar-refractivity contribution >= 4 is 39.6 Å². The summed E-state index contributed by atoms with van der Waals surface area (Å²) >= 11 is 5.29. The second-order valence-corrected chi connectivity index (χ2v) is 4.81. The fraction of sp³-hybridized carbons (Fsp3) is 0.0667. The van der Waals surface area contributed by atoms with E-state index in [1.807, 2.05) is 42.5 Å². The summed E-state index contributed by atoms with van der Waals surface area (Å²) in [6, 6.07) is 13.3. The molecule has 0 aliphatic carbocycles. The molecule has 0 bridgehead atoms. The number of benzene rings is 2. The molecule has 0 saturated heterocycles. The van der Waals surface area contributed by atoms with Crippen molar-refractivity contribution in [2.24, 2.45) is 0 Å². The smallest absolute Gasteiger partial charge is 0.175 e. The summed E-state index contributed by atoms with van der Waals surface area (Å²) in [6.45, 7) is 0. The average molecular weight is 299 g/mol. The maximum absolute atomic E-state index is 5.29. The lowest BCUT2D eigenvalue weighted by Crippen LogP contribution is -2.18. The number of nitrogens with one attached hydrogen (secondary N) is 2. The second kappa shape index (κ2) is 5.80. The van der Waals surface area contributed by atoms with Crippen LogP contribution in [-0.4, -0.2) is 17.4 Å². The second-order valence-electron chi connectivity index (χ2n) is 4.40. The molecule has 6 heteroatoms. The minimum Gasteiger partial charge on any atom is -0.497 e. The van der Waals surface area contributed by atoms with E-state index in [-0.39, 0.29) is 0 Å². The van der Waals surface area contributed by atoms with Crippen LogP contribution in [0.25, 0.3) is 10.9 Å². The Bertz CT molecular complexity index is 785. The van der Waals surface area contributed by atoms with Gasteiger partial charge in [-0.15, -0.1) is 0 Å². The molecule has 0 aliphatic rings. The number of fused-ring (bicyclic) bond motifs is 1. The lowest BCUT2D eigenvalue weighted by atomic mass is 10.2. The number of methoxy groups -OCH3 is 1. The lowest BCUT2D eigenvalue weighted by molar-refractivity contribution is 0.415. The first-order valence-electron chi connectivity index (χ1n) is 6.31. The molecule has 0 radical (unpaired) electrons. The van der Waals surface area contributed by atoms with E-state index in [0.29, 0.717) is 5.11 Å². The quantitative estimate of drug-likeness (QED) is 0.720. The number of rotatable bonds is 3. The van der Waals surface area contributed by atoms with Crippen LogP contribution in [0, 0.1) is 0 Å². The van der Waals surface area contributed by atoms with Gasteiger partial charge in [-0.25, -0.2) is 0 Å². The van der Waals surface area contributed by atoms with Gasteiger partial charge in [0.05, 0.1) is 7.11 Å². The van der Waals surface area contributed by atoms with Gasteiger partial charge in [0.1, 0.15) is 17.5 Å². The first-order valence-corrected chi connectivity index (χ1v) is 6.71. The normalized spacial score (nSPS) is 10.3. The highest BCUT2D eigenvalue weighted by Gasteiger charge is 2.03. The molecule has 3 rings (SSSR count). The molecule has 1 aromatic heterocycles. The van der Waals surface area contributed by atoms with Gasteiger partial charge in [-0.3, -0.25) is 0 Å². The zero-order valence-corrected chi connectivity index (χ0v) is 12.1. The summed E-state index contributed by atoms with van der Waals surface area (Å²) in [4.78, 5) is 0. The summed E-state index contributed by atoms with van der Waals surface area (Å²) < 4.78 is 10.1. The number of anilines is 2. The minimum atomic E-state index is 0.492. The molecular formula is C15H13N3O2S. The molecule has 0 aliphatic heterocycles. The van der Waals surface area contributed by atoms with Crippen LogP contribution in [0.15, 0.2) is 53.3 Å². The molecule has 5 nitrogen and oxygen atoms in total. The molecule has 3 aromatic rings.